The predicted octanol–water partition coefficient (Wildman–Crippen LogP) is 14.8. The van der Waals surface area contributed by atoms with Crippen LogP contribution < -0.4 is 4.90 Å². The monoisotopic (exact) mass is 715 g/mol. The van der Waals surface area contributed by atoms with Gasteiger partial charge >= 0.3 is 0 Å². The van der Waals surface area contributed by atoms with Crippen LogP contribution in [0.2, 0.25) is 0 Å². The maximum absolute atomic E-state index is 2.52. The summed E-state index contributed by atoms with van der Waals surface area (Å²) in [6, 6.07) is 72.1. The van der Waals surface area contributed by atoms with E-state index >= 15 is 0 Å². The second-order valence-corrected chi connectivity index (χ2v) is 16.2. The van der Waals surface area contributed by atoms with E-state index in [2.05, 4.69) is 220 Å². The molecule has 0 atom stereocenters. The van der Waals surface area contributed by atoms with Gasteiger partial charge in [0.05, 0.1) is 11.4 Å². The van der Waals surface area contributed by atoms with Crippen LogP contribution in [0.1, 0.15) is 48.6 Å². The van der Waals surface area contributed by atoms with E-state index in [1.807, 2.05) is 0 Å². The van der Waals surface area contributed by atoms with Crippen molar-refractivity contribution in [1.82, 2.24) is 0 Å². The summed E-state index contributed by atoms with van der Waals surface area (Å²) < 4.78 is 0. The number of fused-ring (bicyclic) bond motifs is 8. The molecule has 11 rings (SSSR count). The Kier molecular flexibility index (Phi) is 7.10. The van der Waals surface area contributed by atoms with Crippen molar-refractivity contribution in [3.8, 4) is 33.4 Å². The summed E-state index contributed by atoms with van der Waals surface area (Å²) in [5, 5.41) is 4.92. The van der Waals surface area contributed by atoms with Crippen LogP contribution in [0.4, 0.5) is 17.1 Å². The topological polar surface area (TPSA) is 3.24 Å². The highest BCUT2D eigenvalue weighted by atomic mass is 15.1. The van der Waals surface area contributed by atoms with Crippen LogP contribution in [0.3, 0.4) is 0 Å². The minimum absolute atomic E-state index is 0.168. The number of para-hydroxylation sites is 1. The van der Waals surface area contributed by atoms with Crippen LogP contribution in [0.15, 0.2) is 194 Å². The molecule has 0 fully saturated rings. The largest absolute Gasteiger partial charge is 0.309 e. The van der Waals surface area contributed by atoms with E-state index in [-0.39, 0.29) is 10.8 Å². The Balaban J connectivity index is 1.03. The molecule has 1 nitrogen and oxygen atoms in total. The van der Waals surface area contributed by atoms with Crippen molar-refractivity contribution in [3.05, 3.63) is 222 Å². The normalized spacial score (nSPS) is 14.3. The third kappa shape index (κ3) is 4.61. The van der Waals surface area contributed by atoms with E-state index in [0.717, 1.165) is 11.4 Å². The molecule has 0 bridgehead atoms. The molecule has 0 unspecified atom stereocenters. The van der Waals surface area contributed by atoms with Gasteiger partial charge < -0.3 is 4.90 Å². The molecule has 1 heteroatoms. The number of anilines is 3. The van der Waals surface area contributed by atoms with Crippen molar-refractivity contribution in [2.45, 2.75) is 31.6 Å². The molecular formula is C55H41N. The quantitative estimate of drug-likeness (QED) is 0.171. The predicted molar refractivity (Wildman–Crippen MR) is 237 cm³/mol. The van der Waals surface area contributed by atoms with Crippen molar-refractivity contribution in [3.63, 3.8) is 0 Å². The molecule has 2 aliphatic carbocycles. The number of nitrogens with zero attached hydrogens (tertiary/aromatic N) is 1. The van der Waals surface area contributed by atoms with Crippen LogP contribution in [-0.4, -0.2) is 0 Å². The smallest absolute Gasteiger partial charge is 0.0540 e. The van der Waals surface area contributed by atoms with E-state index in [9.17, 15) is 0 Å². The van der Waals surface area contributed by atoms with Gasteiger partial charge in [-0.2, -0.15) is 0 Å². The van der Waals surface area contributed by atoms with Crippen molar-refractivity contribution in [1.29, 1.82) is 0 Å². The Bertz CT molecular complexity index is 2970. The van der Waals surface area contributed by atoms with Gasteiger partial charge in [0, 0.05) is 27.3 Å². The van der Waals surface area contributed by atoms with Crippen molar-refractivity contribution < 1.29 is 0 Å². The lowest BCUT2D eigenvalue weighted by Crippen LogP contribution is -2.24. The van der Waals surface area contributed by atoms with Crippen molar-refractivity contribution >= 4 is 38.6 Å². The highest BCUT2D eigenvalue weighted by Gasteiger charge is 2.43. The van der Waals surface area contributed by atoms with Gasteiger partial charge in [-0.05, 0) is 109 Å². The highest BCUT2D eigenvalue weighted by Crippen LogP contribution is 2.56. The fourth-order valence-corrected chi connectivity index (χ4v) is 10.1. The summed E-state index contributed by atoms with van der Waals surface area (Å²) in [6.07, 6.45) is 0. The molecule has 0 amide bonds. The Morgan fingerprint density at radius 2 is 0.893 bits per heavy atom. The first-order valence-electron chi connectivity index (χ1n) is 19.8. The molecule has 0 aromatic heterocycles. The zero-order chi connectivity index (χ0) is 37.6. The van der Waals surface area contributed by atoms with Gasteiger partial charge in [0.2, 0.25) is 0 Å². The molecule has 0 N–H and O–H groups in total. The van der Waals surface area contributed by atoms with Crippen LogP contribution >= 0.6 is 0 Å². The van der Waals surface area contributed by atoms with Gasteiger partial charge in [0.25, 0.3) is 0 Å². The lowest BCUT2D eigenvalue weighted by atomic mass is 9.72. The van der Waals surface area contributed by atoms with Gasteiger partial charge in [-0.15, -0.1) is 0 Å². The lowest BCUT2D eigenvalue weighted by molar-refractivity contribution is 0.652. The van der Waals surface area contributed by atoms with Crippen LogP contribution in [-0.2, 0) is 10.8 Å². The maximum Gasteiger partial charge on any atom is 0.0540 e. The first-order valence-corrected chi connectivity index (χ1v) is 19.8. The van der Waals surface area contributed by atoms with Crippen LogP contribution in [0.25, 0.3) is 54.9 Å². The molecule has 0 saturated carbocycles. The Labute approximate surface area is 329 Å². The SMILES string of the molecule is CC1(C)c2cc(-c3ccc(N(c4ccccc4)c4cccc5ccccc45)c4ccccc34)ccc2-c2ccc(C3(C)c4ccccc4-c4ccccc43)cc21. The second-order valence-electron chi connectivity index (χ2n) is 16.2. The number of hydrogen-bond acceptors (Lipinski definition) is 1. The molecule has 9 aromatic carbocycles. The van der Waals surface area contributed by atoms with Crippen molar-refractivity contribution in [2.75, 3.05) is 4.90 Å². The molecule has 0 radical (unpaired) electrons. The Morgan fingerprint density at radius 1 is 0.357 bits per heavy atom. The van der Waals surface area contributed by atoms with Gasteiger partial charge in [0.1, 0.15) is 0 Å². The molecular weight excluding hydrogens is 675 g/mol. The van der Waals surface area contributed by atoms with E-state index in [1.165, 1.54) is 88.4 Å². The number of rotatable bonds is 5. The fourth-order valence-electron chi connectivity index (χ4n) is 10.1. The lowest BCUT2D eigenvalue weighted by Gasteiger charge is -2.30. The molecule has 0 aliphatic heterocycles. The van der Waals surface area contributed by atoms with Gasteiger partial charge in [0.15, 0.2) is 0 Å². The number of hydrogen-bond donors (Lipinski definition) is 0. The van der Waals surface area contributed by atoms with E-state index < -0.39 is 0 Å². The standard InChI is InChI=1S/C55H41N/c1-54(2)50-34-37(28-30-45(50)46-31-29-38(35-51(46)54)55(3)48-25-13-11-22-43(48)44-23-12-14-26-49(44)55)40-32-33-53(47-24-10-9-21-42(40)47)56(39-18-5-4-6-19-39)52-27-15-17-36-16-7-8-20-41(36)52/h4-35H,1-3H3. The molecule has 266 valence electrons. The van der Waals surface area contributed by atoms with Crippen molar-refractivity contribution in [2.24, 2.45) is 0 Å². The summed E-state index contributed by atoms with van der Waals surface area (Å²) in [6.45, 7) is 7.24. The first-order chi connectivity index (χ1) is 27.4. The van der Waals surface area contributed by atoms with Gasteiger partial charge in [-0.1, -0.05) is 178 Å². The molecule has 56 heavy (non-hydrogen) atoms. The average molecular weight is 716 g/mol. The second kappa shape index (κ2) is 12.2. The average Bonchev–Trinajstić information content (AvgIpc) is 3.65. The minimum atomic E-state index is -0.224. The molecule has 0 saturated heterocycles. The zero-order valence-corrected chi connectivity index (χ0v) is 31.9. The summed E-state index contributed by atoms with van der Waals surface area (Å²) in [7, 11) is 0. The number of benzene rings is 9. The molecule has 0 spiro atoms. The maximum atomic E-state index is 2.52. The fraction of sp³-hybridized carbons (Fsp3) is 0.0909. The van der Waals surface area contributed by atoms with E-state index in [1.54, 1.807) is 0 Å². The van der Waals surface area contributed by atoms with E-state index in [4.69, 9.17) is 0 Å². The minimum Gasteiger partial charge on any atom is -0.309 e. The van der Waals surface area contributed by atoms with Gasteiger partial charge in [-0.3, -0.25) is 0 Å². The zero-order valence-electron chi connectivity index (χ0n) is 31.9. The summed E-state index contributed by atoms with van der Waals surface area (Å²) in [4.78, 5) is 2.43. The summed E-state index contributed by atoms with van der Waals surface area (Å²) >= 11 is 0. The highest BCUT2D eigenvalue weighted by molar-refractivity contribution is 6.09. The summed E-state index contributed by atoms with van der Waals surface area (Å²) in [5.74, 6) is 0. The molecule has 0 heterocycles. The van der Waals surface area contributed by atoms with Crippen LogP contribution in [0, 0.1) is 0 Å². The third-order valence-electron chi connectivity index (χ3n) is 12.9. The van der Waals surface area contributed by atoms with Gasteiger partial charge in [-0.25, -0.2) is 0 Å². The Morgan fingerprint density at radius 3 is 1.64 bits per heavy atom. The summed E-state index contributed by atoms with van der Waals surface area (Å²) in [5.41, 5.74) is 17.9. The molecule has 9 aromatic rings. The third-order valence-corrected chi connectivity index (χ3v) is 12.9. The first kappa shape index (κ1) is 32.7. The van der Waals surface area contributed by atoms with E-state index in [0.29, 0.717) is 0 Å². The van der Waals surface area contributed by atoms with Crippen LogP contribution in [0.5, 0.6) is 0 Å². The Hall–Kier alpha value is -6.70. The molecule has 2 aliphatic rings.